The number of aromatic hydroxyl groups is 1. The number of phenolic OH excluding ortho intramolecular Hbond substituents is 1. The number of carbonyl (C=O) groups is 1. The third-order valence-corrected chi connectivity index (χ3v) is 3.19. The van der Waals surface area contributed by atoms with Gasteiger partial charge < -0.3 is 21.3 Å². The second kappa shape index (κ2) is 5.73. The van der Waals surface area contributed by atoms with E-state index in [4.69, 9.17) is 5.73 Å². The van der Waals surface area contributed by atoms with Gasteiger partial charge in [-0.25, -0.2) is 0 Å². The van der Waals surface area contributed by atoms with Crippen molar-refractivity contribution in [2.24, 2.45) is 0 Å². The van der Waals surface area contributed by atoms with Gasteiger partial charge in [0.1, 0.15) is 5.75 Å². The van der Waals surface area contributed by atoms with Crippen LogP contribution in [0.3, 0.4) is 0 Å². The van der Waals surface area contributed by atoms with Gasteiger partial charge in [-0.3, -0.25) is 4.79 Å². The van der Waals surface area contributed by atoms with Crippen LogP contribution in [0.5, 0.6) is 5.75 Å². The van der Waals surface area contributed by atoms with Crippen LogP contribution in [0.2, 0.25) is 0 Å². The predicted octanol–water partition coefficient (Wildman–Crippen LogP) is 1.26. The Hall–Kier alpha value is -1.75. The molecule has 0 spiro atoms. The molecule has 0 aromatic heterocycles. The maximum Gasteiger partial charge on any atom is 0.251 e. The lowest BCUT2D eigenvalue weighted by Crippen LogP contribution is -2.42. The van der Waals surface area contributed by atoms with Crippen LogP contribution in [0, 0.1) is 0 Å². The van der Waals surface area contributed by atoms with Crippen molar-refractivity contribution in [3.63, 3.8) is 0 Å². The average Bonchev–Trinajstić information content (AvgIpc) is 2.38. The number of rotatable bonds is 5. The summed E-state index contributed by atoms with van der Waals surface area (Å²) in [5.74, 6) is -0.463. The molecule has 0 bridgehead atoms. The second-order valence-electron chi connectivity index (χ2n) is 4.39. The molecule has 0 unspecified atom stereocenters. The average molecular weight is 252 g/mol. The van der Waals surface area contributed by atoms with E-state index in [0.29, 0.717) is 18.4 Å². The zero-order chi connectivity index (χ0) is 13.8. The molecule has 0 aliphatic rings. The number of nitrogens with one attached hydrogen (secondary N) is 1. The van der Waals surface area contributed by atoms with Crippen molar-refractivity contribution in [3.05, 3.63) is 23.8 Å². The Morgan fingerprint density at radius 2 is 2.00 bits per heavy atom. The number of amides is 1. The number of phenols is 1. The first-order chi connectivity index (χ1) is 8.41. The summed E-state index contributed by atoms with van der Waals surface area (Å²) in [6.07, 6.45) is 1.13. The van der Waals surface area contributed by atoms with Crippen molar-refractivity contribution < 1.29 is 15.0 Å². The number of hydrogen-bond donors (Lipinski definition) is 4. The molecule has 0 aliphatic carbocycles. The van der Waals surface area contributed by atoms with Gasteiger partial charge in [-0.1, -0.05) is 13.8 Å². The van der Waals surface area contributed by atoms with Gasteiger partial charge in [-0.05, 0) is 31.0 Å². The van der Waals surface area contributed by atoms with Gasteiger partial charge in [0.15, 0.2) is 0 Å². The molecular formula is C13H20N2O3. The van der Waals surface area contributed by atoms with E-state index in [1.807, 2.05) is 13.8 Å². The molecule has 1 aromatic carbocycles. The molecule has 1 aromatic rings. The van der Waals surface area contributed by atoms with Crippen LogP contribution in [-0.4, -0.2) is 28.3 Å². The lowest BCUT2D eigenvalue weighted by atomic mass is 9.97. The van der Waals surface area contributed by atoms with E-state index in [1.165, 1.54) is 18.2 Å². The molecule has 100 valence electrons. The maximum atomic E-state index is 11.8. The van der Waals surface area contributed by atoms with Crippen LogP contribution in [0.25, 0.3) is 0 Å². The van der Waals surface area contributed by atoms with Crippen LogP contribution >= 0.6 is 0 Å². The van der Waals surface area contributed by atoms with Crippen LogP contribution in [-0.2, 0) is 0 Å². The largest absolute Gasteiger partial charge is 0.506 e. The molecular weight excluding hydrogens is 232 g/mol. The van der Waals surface area contributed by atoms with Gasteiger partial charge in [0.2, 0.25) is 0 Å². The van der Waals surface area contributed by atoms with Crippen LogP contribution in [0.1, 0.15) is 37.0 Å². The lowest BCUT2D eigenvalue weighted by molar-refractivity contribution is 0.0314. The third-order valence-electron chi connectivity index (χ3n) is 3.19. The highest BCUT2D eigenvalue weighted by molar-refractivity contribution is 5.95. The highest BCUT2D eigenvalue weighted by Crippen LogP contribution is 2.20. The van der Waals surface area contributed by atoms with Crippen molar-refractivity contribution in [2.75, 3.05) is 12.3 Å². The van der Waals surface area contributed by atoms with Crippen LogP contribution in [0.15, 0.2) is 18.2 Å². The second-order valence-corrected chi connectivity index (χ2v) is 4.39. The standard InChI is InChI=1S/C13H20N2O3/c1-3-13(18,4-2)8-15-12(17)9-5-6-10(14)11(16)7-9/h5-7,16,18H,3-4,8,14H2,1-2H3,(H,15,17). The first-order valence-electron chi connectivity index (χ1n) is 6.01. The highest BCUT2D eigenvalue weighted by Gasteiger charge is 2.23. The molecule has 18 heavy (non-hydrogen) atoms. The molecule has 0 saturated heterocycles. The lowest BCUT2D eigenvalue weighted by Gasteiger charge is -2.25. The smallest absolute Gasteiger partial charge is 0.251 e. The number of aliphatic hydroxyl groups is 1. The Balaban J connectivity index is 2.68. The summed E-state index contributed by atoms with van der Waals surface area (Å²) in [6, 6.07) is 4.30. The molecule has 0 saturated carbocycles. The van der Waals surface area contributed by atoms with Gasteiger partial charge in [0.25, 0.3) is 5.91 Å². The fourth-order valence-electron chi connectivity index (χ4n) is 1.53. The Labute approximate surface area is 107 Å². The summed E-state index contributed by atoms with van der Waals surface area (Å²) < 4.78 is 0. The Morgan fingerprint density at radius 3 is 2.50 bits per heavy atom. The maximum absolute atomic E-state index is 11.8. The van der Waals surface area contributed by atoms with E-state index in [9.17, 15) is 15.0 Å². The zero-order valence-corrected chi connectivity index (χ0v) is 10.7. The minimum Gasteiger partial charge on any atom is -0.506 e. The number of benzene rings is 1. The topological polar surface area (TPSA) is 95.6 Å². The van der Waals surface area contributed by atoms with E-state index in [2.05, 4.69) is 5.32 Å². The summed E-state index contributed by atoms with van der Waals surface area (Å²) in [4.78, 5) is 11.8. The first kappa shape index (κ1) is 14.3. The molecule has 1 rings (SSSR count). The quantitative estimate of drug-likeness (QED) is 0.468. The molecule has 0 radical (unpaired) electrons. The molecule has 5 heteroatoms. The van der Waals surface area contributed by atoms with E-state index < -0.39 is 5.60 Å². The van der Waals surface area contributed by atoms with E-state index >= 15 is 0 Å². The van der Waals surface area contributed by atoms with Crippen molar-refractivity contribution in [1.82, 2.24) is 5.32 Å². The highest BCUT2D eigenvalue weighted by atomic mass is 16.3. The minimum atomic E-state index is -0.883. The predicted molar refractivity (Wildman–Crippen MR) is 70.4 cm³/mol. The van der Waals surface area contributed by atoms with Crippen molar-refractivity contribution in [2.45, 2.75) is 32.3 Å². The van der Waals surface area contributed by atoms with E-state index in [-0.39, 0.29) is 23.9 Å². The fraction of sp³-hybridized carbons (Fsp3) is 0.462. The summed E-state index contributed by atoms with van der Waals surface area (Å²) >= 11 is 0. The number of hydrogen-bond acceptors (Lipinski definition) is 4. The SMILES string of the molecule is CCC(O)(CC)CNC(=O)c1ccc(N)c(O)c1. The fourth-order valence-corrected chi connectivity index (χ4v) is 1.53. The number of nitrogens with two attached hydrogens (primary N) is 1. The Morgan fingerprint density at radius 1 is 1.39 bits per heavy atom. The number of nitrogen functional groups attached to an aromatic ring is 1. The minimum absolute atomic E-state index is 0.121. The van der Waals surface area contributed by atoms with Crippen molar-refractivity contribution in [1.29, 1.82) is 0 Å². The number of carbonyl (C=O) groups excluding carboxylic acids is 1. The Bertz CT molecular complexity index is 428. The molecule has 0 atom stereocenters. The van der Waals surface area contributed by atoms with Gasteiger partial charge in [0.05, 0.1) is 11.3 Å². The molecule has 0 aliphatic heterocycles. The zero-order valence-electron chi connectivity index (χ0n) is 10.7. The Kier molecular flexibility index (Phi) is 4.55. The number of anilines is 1. The summed E-state index contributed by atoms with van der Waals surface area (Å²) in [5, 5.41) is 22.1. The summed E-state index contributed by atoms with van der Waals surface area (Å²) in [5.41, 5.74) is 5.11. The van der Waals surface area contributed by atoms with Crippen molar-refractivity contribution >= 4 is 11.6 Å². The molecule has 5 nitrogen and oxygen atoms in total. The molecule has 0 heterocycles. The summed E-state index contributed by atoms with van der Waals surface area (Å²) in [6.45, 7) is 3.92. The molecule has 1 amide bonds. The van der Waals surface area contributed by atoms with Gasteiger partial charge >= 0.3 is 0 Å². The third kappa shape index (κ3) is 3.37. The van der Waals surface area contributed by atoms with Crippen LogP contribution < -0.4 is 11.1 Å². The van der Waals surface area contributed by atoms with Gasteiger partial charge in [-0.2, -0.15) is 0 Å². The van der Waals surface area contributed by atoms with Crippen LogP contribution in [0.4, 0.5) is 5.69 Å². The molecule has 5 N–H and O–H groups in total. The summed E-state index contributed by atoms with van der Waals surface area (Å²) in [7, 11) is 0. The van der Waals surface area contributed by atoms with Gasteiger partial charge in [-0.15, -0.1) is 0 Å². The normalized spacial score (nSPS) is 11.3. The van der Waals surface area contributed by atoms with E-state index in [1.54, 1.807) is 0 Å². The van der Waals surface area contributed by atoms with Gasteiger partial charge in [0, 0.05) is 12.1 Å². The van der Waals surface area contributed by atoms with E-state index in [0.717, 1.165) is 0 Å². The van der Waals surface area contributed by atoms with Crippen molar-refractivity contribution in [3.8, 4) is 5.75 Å². The monoisotopic (exact) mass is 252 g/mol. The molecule has 0 fully saturated rings. The first-order valence-corrected chi connectivity index (χ1v) is 6.01.